The van der Waals surface area contributed by atoms with Crippen LogP contribution in [0.25, 0.3) is 0 Å². The Hall–Kier alpha value is -2.09. The Kier molecular flexibility index (Phi) is 5.09. The van der Waals surface area contributed by atoms with Gasteiger partial charge in [-0.25, -0.2) is 19.4 Å². The van der Waals surface area contributed by atoms with E-state index in [4.69, 9.17) is 5.73 Å². The zero-order chi connectivity index (χ0) is 15.3. The van der Waals surface area contributed by atoms with Crippen molar-refractivity contribution in [1.82, 2.24) is 0 Å². The van der Waals surface area contributed by atoms with Crippen LogP contribution in [0.1, 0.15) is 24.0 Å². The number of halogens is 3. The lowest BCUT2D eigenvalue weighted by atomic mass is 9.96. The van der Waals surface area contributed by atoms with E-state index in [0.717, 1.165) is 0 Å². The van der Waals surface area contributed by atoms with Gasteiger partial charge in [-0.05, 0) is 18.1 Å². The molecule has 0 heterocycles. The summed E-state index contributed by atoms with van der Waals surface area (Å²) in [5, 5.41) is 0. The van der Waals surface area contributed by atoms with Crippen molar-refractivity contribution in [3.63, 3.8) is 0 Å². The molecule has 1 rings (SSSR count). The highest BCUT2D eigenvalue weighted by Crippen LogP contribution is 2.22. The number of hydrogen-bond acceptors (Lipinski definition) is 5. The van der Waals surface area contributed by atoms with Gasteiger partial charge in [0.05, 0.1) is 5.92 Å². The fraction of sp³-hybridized carbons (Fsp3) is 0.333. The molecule has 0 amide bonds. The second-order valence-corrected chi connectivity index (χ2v) is 3.90. The molecule has 110 valence electrons. The lowest BCUT2D eigenvalue weighted by molar-refractivity contribution is -0.286. The van der Waals surface area contributed by atoms with Gasteiger partial charge in [0.25, 0.3) is 0 Å². The molecular weight excluding hydrogens is 279 g/mol. The highest BCUT2D eigenvalue weighted by molar-refractivity contribution is 5.80. The Morgan fingerprint density at radius 3 is 2.40 bits per heavy atom. The summed E-state index contributed by atoms with van der Waals surface area (Å²) >= 11 is 0. The third-order valence-electron chi connectivity index (χ3n) is 2.53. The van der Waals surface area contributed by atoms with Crippen LogP contribution >= 0.6 is 0 Å². The SMILES string of the molecule is CC(C(=O)OOC(=O)C(F)(F)F)c1ccccc1CN. The second-order valence-electron chi connectivity index (χ2n) is 3.90. The van der Waals surface area contributed by atoms with Crippen molar-refractivity contribution >= 4 is 11.9 Å². The number of hydrogen-bond donors (Lipinski definition) is 1. The lowest BCUT2D eigenvalue weighted by Gasteiger charge is -2.13. The zero-order valence-corrected chi connectivity index (χ0v) is 10.4. The van der Waals surface area contributed by atoms with Crippen molar-refractivity contribution in [3.8, 4) is 0 Å². The first kappa shape index (κ1) is 16.0. The molecule has 1 atom stereocenters. The van der Waals surface area contributed by atoms with Crippen LogP contribution in [0.15, 0.2) is 24.3 Å². The summed E-state index contributed by atoms with van der Waals surface area (Å²) in [5.74, 6) is -4.63. The molecule has 0 aliphatic heterocycles. The molecule has 1 aromatic carbocycles. The van der Waals surface area contributed by atoms with E-state index in [1.807, 2.05) is 0 Å². The summed E-state index contributed by atoms with van der Waals surface area (Å²) in [7, 11) is 0. The highest BCUT2D eigenvalue weighted by atomic mass is 19.4. The molecule has 0 saturated heterocycles. The molecule has 8 heteroatoms. The average Bonchev–Trinajstić information content (AvgIpc) is 2.42. The van der Waals surface area contributed by atoms with E-state index in [1.165, 1.54) is 6.92 Å². The molecule has 5 nitrogen and oxygen atoms in total. The van der Waals surface area contributed by atoms with Gasteiger partial charge in [-0.2, -0.15) is 13.2 Å². The van der Waals surface area contributed by atoms with E-state index < -0.39 is 24.0 Å². The van der Waals surface area contributed by atoms with Crippen LogP contribution in [0, 0.1) is 0 Å². The highest BCUT2D eigenvalue weighted by Gasteiger charge is 2.43. The quantitative estimate of drug-likeness (QED) is 0.678. The molecule has 0 aromatic heterocycles. The van der Waals surface area contributed by atoms with Gasteiger partial charge in [0.2, 0.25) is 0 Å². The van der Waals surface area contributed by atoms with Crippen molar-refractivity contribution in [2.24, 2.45) is 5.73 Å². The summed E-state index contributed by atoms with van der Waals surface area (Å²) in [4.78, 5) is 29.3. The molecule has 0 radical (unpaired) electrons. The predicted molar refractivity (Wildman–Crippen MR) is 61.0 cm³/mol. The summed E-state index contributed by atoms with van der Waals surface area (Å²) in [6.45, 7) is 1.55. The van der Waals surface area contributed by atoms with Crippen molar-refractivity contribution in [1.29, 1.82) is 0 Å². The molecule has 0 fully saturated rings. The lowest BCUT2D eigenvalue weighted by Crippen LogP contribution is -2.27. The smallest absolute Gasteiger partial charge is 0.326 e. The summed E-state index contributed by atoms with van der Waals surface area (Å²) in [6, 6.07) is 6.59. The van der Waals surface area contributed by atoms with Crippen LogP contribution < -0.4 is 5.73 Å². The summed E-state index contributed by atoms with van der Waals surface area (Å²) < 4.78 is 35.6. The summed E-state index contributed by atoms with van der Waals surface area (Å²) in [6.07, 6.45) is -5.22. The van der Waals surface area contributed by atoms with E-state index in [1.54, 1.807) is 24.3 Å². The molecular formula is C12H12F3NO4. The maximum absolute atomic E-state index is 11.9. The Morgan fingerprint density at radius 2 is 1.85 bits per heavy atom. The minimum absolute atomic E-state index is 0.149. The molecule has 0 saturated carbocycles. The number of rotatable bonds is 3. The van der Waals surface area contributed by atoms with E-state index in [9.17, 15) is 22.8 Å². The fourth-order valence-corrected chi connectivity index (χ4v) is 1.47. The van der Waals surface area contributed by atoms with Crippen molar-refractivity contribution in [3.05, 3.63) is 35.4 Å². The maximum Gasteiger partial charge on any atom is 0.495 e. The van der Waals surface area contributed by atoms with Crippen LogP contribution in [-0.2, 0) is 25.9 Å². The molecule has 0 aliphatic carbocycles. The van der Waals surface area contributed by atoms with Gasteiger partial charge in [0.1, 0.15) is 0 Å². The first-order valence-electron chi connectivity index (χ1n) is 5.54. The molecule has 0 aliphatic rings. The first-order valence-corrected chi connectivity index (χ1v) is 5.54. The summed E-state index contributed by atoms with van der Waals surface area (Å²) in [5.41, 5.74) is 6.61. The van der Waals surface area contributed by atoms with Gasteiger partial charge in [0.15, 0.2) is 0 Å². The Morgan fingerprint density at radius 1 is 1.25 bits per heavy atom. The fourth-order valence-electron chi connectivity index (χ4n) is 1.47. The van der Waals surface area contributed by atoms with E-state index >= 15 is 0 Å². The van der Waals surface area contributed by atoms with Crippen LogP contribution in [0.4, 0.5) is 13.2 Å². The molecule has 1 aromatic rings. The topological polar surface area (TPSA) is 78.6 Å². The number of alkyl halides is 3. The first-order chi connectivity index (χ1) is 9.27. The van der Waals surface area contributed by atoms with E-state index in [0.29, 0.717) is 11.1 Å². The van der Waals surface area contributed by atoms with Gasteiger partial charge in [-0.1, -0.05) is 24.3 Å². The Balaban J connectivity index is 2.71. The Bertz CT molecular complexity index is 502. The Labute approximate surface area is 112 Å². The van der Waals surface area contributed by atoms with E-state index in [2.05, 4.69) is 9.78 Å². The normalized spacial score (nSPS) is 12.7. The third kappa shape index (κ3) is 3.95. The predicted octanol–water partition coefficient (Wildman–Crippen LogP) is 1.81. The van der Waals surface area contributed by atoms with Gasteiger partial charge >= 0.3 is 18.1 Å². The minimum atomic E-state index is -5.22. The number of carbonyl (C=O) groups excluding carboxylic acids is 2. The second kappa shape index (κ2) is 6.38. The maximum atomic E-state index is 11.9. The van der Waals surface area contributed by atoms with Gasteiger partial charge in [0, 0.05) is 6.54 Å². The number of benzene rings is 1. The van der Waals surface area contributed by atoms with Crippen LogP contribution in [0.3, 0.4) is 0 Å². The third-order valence-corrected chi connectivity index (χ3v) is 2.53. The number of nitrogens with two attached hydrogens (primary N) is 1. The van der Waals surface area contributed by atoms with Crippen LogP contribution in [0.2, 0.25) is 0 Å². The minimum Gasteiger partial charge on any atom is -0.326 e. The number of carbonyl (C=O) groups is 2. The van der Waals surface area contributed by atoms with Crippen molar-refractivity contribution in [2.45, 2.75) is 25.6 Å². The van der Waals surface area contributed by atoms with Crippen LogP contribution in [0.5, 0.6) is 0 Å². The van der Waals surface area contributed by atoms with Crippen molar-refractivity contribution < 1.29 is 32.5 Å². The molecule has 0 bridgehead atoms. The van der Waals surface area contributed by atoms with Gasteiger partial charge in [-0.3, -0.25) is 0 Å². The van der Waals surface area contributed by atoms with Gasteiger partial charge < -0.3 is 5.73 Å². The average molecular weight is 291 g/mol. The molecule has 0 spiro atoms. The van der Waals surface area contributed by atoms with E-state index in [-0.39, 0.29) is 6.54 Å². The molecule has 20 heavy (non-hydrogen) atoms. The zero-order valence-electron chi connectivity index (χ0n) is 10.4. The molecule has 1 unspecified atom stereocenters. The largest absolute Gasteiger partial charge is 0.495 e. The monoisotopic (exact) mass is 291 g/mol. The van der Waals surface area contributed by atoms with Gasteiger partial charge in [-0.15, -0.1) is 0 Å². The standard InChI is InChI=1S/C12H12F3NO4/c1-7(9-5-3-2-4-8(9)6-16)10(17)19-20-11(18)12(13,14)15/h2-5,7H,6,16H2,1H3. The van der Waals surface area contributed by atoms with Crippen LogP contribution in [-0.4, -0.2) is 18.1 Å². The van der Waals surface area contributed by atoms with Crippen molar-refractivity contribution in [2.75, 3.05) is 0 Å². The molecule has 2 N–H and O–H groups in total.